The number of ether oxygens (including phenoxy) is 1. The van der Waals surface area contributed by atoms with Gasteiger partial charge in [-0.15, -0.1) is 11.3 Å². The van der Waals surface area contributed by atoms with Crippen LogP contribution in [0.3, 0.4) is 0 Å². The molecule has 1 amide bonds. The van der Waals surface area contributed by atoms with Crippen molar-refractivity contribution >= 4 is 33.0 Å². The molecule has 1 unspecified atom stereocenters. The maximum Gasteiger partial charge on any atom is 0.256 e. The molecule has 0 spiro atoms. The van der Waals surface area contributed by atoms with Gasteiger partial charge in [0.25, 0.3) is 15.9 Å². The van der Waals surface area contributed by atoms with Crippen LogP contribution >= 0.6 is 11.3 Å². The Balaban J connectivity index is 1.80. The quantitative estimate of drug-likeness (QED) is 0.794. The van der Waals surface area contributed by atoms with E-state index in [1.165, 1.54) is 6.07 Å². The Morgan fingerprint density at radius 1 is 1.19 bits per heavy atom. The van der Waals surface area contributed by atoms with Crippen molar-refractivity contribution in [2.45, 2.75) is 43.9 Å². The Kier molecular flexibility index (Phi) is 5.45. The fourth-order valence-corrected chi connectivity index (χ4v) is 5.81. The largest absolute Gasteiger partial charge is 0.379 e. The molecule has 3 rings (SSSR count). The number of sulfonamides is 1. The number of aryl methyl sites for hydroxylation is 3. The maximum absolute atomic E-state index is 12.7. The molecule has 1 saturated heterocycles. The highest BCUT2D eigenvalue weighted by atomic mass is 32.2. The third-order valence-corrected chi connectivity index (χ3v) is 7.93. The van der Waals surface area contributed by atoms with E-state index in [9.17, 15) is 13.2 Å². The highest BCUT2D eigenvalue weighted by Crippen LogP contribution is 2.29. The van der Waals surface area contributed by atoms with Gasteiger partial charge in [-0.05, 0) is 63.4 Å². The van der Waals surface area contributed by atoms with Gasteiger partial charge in [-0.2, -0.15) is 0 Å². The number of thiophene rings is 1. The first-order valence-electron chi connectivity index (χ1n) is 8.70. The summed E-state index contributed by atoms with van der Waals surface area (Å²) in [5, 5.41) is 2.84. The summed E-state index contributed by atoms with van der Waals surface area (Å²) < 4.78 is 33.6. The molecule has 1 aromatic carbocycles. The van der Waals surface area contributed by atoms with Crippen molar-refractivity contribution in [1.82, 2.24) is 4.72 Å². The monoisotopic (exact) mass is 408 g/mol. The maximum atomic E-state index is 12.7. The van der Waals surface area contributed by atoms with Crippen molar-refractivity contribution in [2.24, 2.45) is 0 Å². The van der Waals surface area contributed by atoms with Crippen LogP contribution in [0, 0.1) is 20.8 Å². The van der Waals surface area contributed by atoms with Crippen molar-refractivity contribution < 1.29 is 17.9 Å². The molecule has 1 aliphatic rings. The average molecular weight is 409 g/mol. The summed E-state index contributed by atoms with van der Waals surface area (Å²) in [7, 11) is -3.71. The summed E-state index contributed by atoms with van der Waals surface area (Å²) in [6.07, 6.45) is 0.622. The molecule has 1 fully saturated rings. The minimum Gasteiger partial charge on any atom is -0.379 e. The number of carbonyl (C=O) groups excluding carboxylic acids is 1. The van der Waals surface area contributed by atoms with Gasteiger partial charge < -0.3 is 10.1 Å². The molecule has 2 heterocycles. The highest BCUT2D eigenvalue weighted by Gasteiger charge is 2.35. The summed E-state index contributed by atoms with van der Waals surface area (Å²) in [4.78, 5) is 13.3. The van der Waals surface area contributed by atoms with E-state index in [0.29, 0.717) is 35.8 Å². The zero-order chi connectivity index (χ0) is 19.8. The Bertz CT molecular complexity index is 974. The second-order valence-corrected chi connectivity index (χ2v) is 10.4. The van der Waals surface area contributed by atoms with Crippen LogP contribution in [0.15, 0.2) is 28.5 Å². The third kappa shape index (κ3) is 4.40. The second-order valence-electron chi connectivity index (χ2n) is 7.26. The molecule has 27 heavy (non-hydrogen) atoms. The summed E-state index contributed by atoms with van der Waals surface area (Å²) in [5.74, 6) is -0.316. The van der Waals surface area contributed by atoms with Gasteiger partial charge in [-0.3, -0.25) is 4.79 Å². The molecule has 0 aliphatic carbocycles. The van der Waals surface area contributed by atoms with Crippen LogP contribution in [0.2, 0.25) is 0 Å². The van der Waals surface area contributed by atoms with Gasteiger partial charge in [0.15, 0.2) is 0 Å². The molecule has 2 aromatic rings. The molecule has 2 N–H and O–H groups in total. The number of hydrogen-bond donors (Lipinski definition) is 2. The number of carbonyl (C=O) groups is 1. The normalized spacial score (nSPS) is 20.0. The lowest BCUT2D eigenvalue weighted by Crippen LogP contribution is -2.46. The first-order chi connectivity index (χ1) is 12.6. The van der Waals surface area contributed by atoms with Gasteiger partial charge in [-0.25, -0.2) is 13.1 Å². The minimum atomic E-state index is -3.71. The number of rotatable bonds is 5. The van der Waals surface area contributed by atoms with E-state index in [2.05, 4.69) is 10.0 Å². The molecular formula is C19H24N2O4S2. The van der Waals surface area contributed by atoms with E-state index in [1.807, 2.05) is 39.0 Å². The molecule has 0 radical (unpaired) electrons. The summed E-state index contributed by atoms with van der Waals surface area (Å²) in [5.41, 5.74) is 2.66. The lowest BCUT2D eigenvalue weighted by Gasteiger charge is -2.22. The van der Waals surface area contributed by atoms with E-state index in [0.717, 1.165) is 22.5 Å². The average Bonchev–Trinajstić information content (AvgIpc) is 3.17. The fourth-order valence-electron chi connectivity index (χ4n) is 2.95. The molecular weight excluding hydrogens is 384 g/mol. The van der Waals surface area contributed by atoms with Crippen molar-refractivity contribution in [1.29, 1.82) is 0 Å². The van der Waals surface area contributed by atoms with Gasteiger partial charge >= 0.3 is 0 Å². The molecule has 6 nitrogen and oxygen atoms in total. The van der Waals surface area contributed by atoms with Gasteiger partial charge in [0.2, 0.25) is 0 Å². The van der Waals surface area contributed by atoms with E-state index >= 15 is 0 Å². The summed E-state index contributed by atoms with van der Waals surface area (Å²) in [6.45, 7) is 8.43. The Labute approximate surface area is 164 Å². The van der Waals surface area contributed by atoms with Crippen LogP contribution in [-0.4, -0.2) is 33.1 Å². The number of benzene rings is 1. The molecule has 1 atom stereocenters. The van der Waals surface area contributed by atoms with E-state index in [4.69, 9.17) is 4.74 Å². The van der Waals surface area contributed by atoms with E-state index < -0.39 is 15.6 Å². The fraction of sp³-hybridized carbons (Fsp3) is 0.421. The van der Waals surface area contributed by atoms with Gasteiger partial charge in [-0.1, -0.05) is 6.07 Å². The Hall–Kier alpha value is -1.74. The molecule has 1 aromatic heterocycles. The standard InChI is InChI=1S/C19H24N2O4S2/c1-12-5-6-15(9-13(12)2)20-18(22)16-10-17(26-14(16)3)27(23,24)21-19(4)7-8-25-11-19/h5-6,9-10,21H,7-8,11H2,1-4H3,(H,20,22). The van der Waals surface area contributed by atoms with Crippen LogP contribution in [0.25, 0.3) is 0 Å². The van der Waals surface area contributed by atoms with E-state index in [1.54, 1.807) is 6.92 Å². The first kappa shape index (κ1) is 20.0. The summed E-state index contributed by atoms with van der Waals surface area (Å²) in [6, 6.07) is 7.12. The highest BCUT2D eigenvalue weighted by molar-refractivity contribution is 7.91. The SMILES string of the molecule is Cc1ccc(NC(=O)c2cc(S(=O)(=O)NC3(C)CCOC3)sc2C)cc1C. The first-order valence-corrected chi connectivity index (χ1v) is 11.0. The van der Waals surface area contributed by atoms with Gasteiger partial charge in [0.1, 0.15) is 4.21 Å². The van der Waals surface area contributed by atoms with Crippen molar-refractivity contribution in [3.8, 4) is 0 Å². The lowest BCUT2D eigenvalue weighted by molar-refractivity contribution is 0.102. The zero-order valence-corrected chi connectivity index (χ0v) is 17.5. The molecule has 8 heteroatoms. The molecule has 146 valence electrons. The topological polar surface area (TPSA) is 84.5 Å². The molecule has 0 saturated carbocycles. The smallest absolute Gasteiger partial charge is 0.256 e. The molecule has 0 bridgehead atoms. The van der Waals surface area contributed by atoms with Crippen LogP contribution < -0.4 is 10.0 Å². The van der Waals surface area contributed by atoms with Crippen LogP contribution in [0.1, 0.15) is 39.7 Å². The predicted molar refractivity (Wildman–Crippen MR) is 107 cm³/mol. The third-order valence-electron chi connectivity index (χ3n) is 4.77. The number of anilines is 1. The minimum absolute atomic E-state index is 0.137. The van der Waals surface area contributed by atoms with Crippen LogP contribution in [0.5, 0.6) is 0 Å². The Morgan fingerprint density at radius 3 is 2.56 bits per heavy atom. The number of hydrogen-bond acceptors (Lipinski definition) is 5. The van der Waals surface area contributed by atoms with Crippen LogP contribution in [0.4, 0.5) is 5.69 Å². The van der Waals surface area contributed by atoms with Crippen molar-refractivity contribution in [3.63, 3.8) is 0 Å². The number of amides is 1. The lowest BCUT2D eigenvalue weighted by atomic mass is 10.0. The second kappa shape index (κ2) is 7.35. The van der Waals surface area contributed by atoms with Crippen LogP contribution in [-0.2, 0) is 14.8 Å². The number of nitrogens with one attached hydrogen (secondary N) is 2. The Morgan fingerprint density at radius 2 is 1.93 bits per heavy atom. The van der Waals surface area contributed by atoms with Crippen molar-refractivity contribution in [3.05, 3.63) is 45.8 Å². The van der Waals surface area contributed by atoms with Crippen molar-refractivity contribution in [2.75, 3.05) is 18.5 Å². The van der Waals surface area contributed by atoms with Gasteiger partial charge in [0, 0.05) is 17.2 Å². The summed E-state index contributed by atoms with van der Waals surface area (Å²) >= 11 is 1.10. The van der Waals surface area contributed by atoms with E-state index in [-0.39, 0.29) is 10.1 Å². The molecule has 1 aliphatic heterocycles. The van der Waals surface area contributed by atoms with Gasteiger partial charge in [0.05, 0.1) is 17.7 Å². The zero-order valence-electron chi connectivity index (χ0n) is 15.9. The predicted octanol–water partition coefficient (Wildman–Crippen LogP) is 3.38.